The maximum atomic E-state index is 13.2. The number of fused-ring (bicyclic) bond motifs is 1. The zero-order valence-corrected chi connectivity index (χ0v) is 11.6. The van der Waals surface area contributed by atoms with E-state index < -0.39 is 10.7 Å². The summed E-state index contributed by atoms with van der Waals surface area (Å²) in [6, 6.07) is 11.0. The summed E-state index contributed by atoms with van der Waals surface area (Å²) in [5, 5.41) is 13.9. The first-order valence-corrected chi connectivity index (χ1v) is 7.05. The summed E-state index contributed by atoms with van der Waals surface area (Å²) in [6.07, 6.45) is 0. The second-order valence-corrected chi connectivity index (χ2v) is 5.33. The Kier molecular flexibility index (Phi) is 3.53. The summed E-state index contributed by atoms with van der Waals surface area (Å²) >= 11 is 1.57. The van der Waals surface area contributed by atoms with Crippen molar-refractivity contribution >= 4 is 27.1 Å². The zero-order valence-electron chi connectivity index (χ0n) is 10.8. The van der Waals surface area contributed by atoms with Crippen molar-refractivity contribution in [1.82, 2.24) is 0 Å². The van der Waals surface area contributed by atoms with Gasteiger partial charge in [-0.3, -0.25) is 10.1 Å². The van der Waals surface area contributed by atoms with Crippen LogP contribution >= 0.6 is 11.3 Å². The number of halogens is 1. The van der Waals surface area contributed by atoms with E-state index in [-0.39, 0.29) is 18.0 Å². The van der Waals surface area contributed by atoms with Gasteiger partial charge in [-0.2, -0.15) is 0 Å². The predicted octanol–water partition coefficient (Wildman–Crippen LogP) is 4.53. The van der Waals surface area contributed by atoms with Crippen molar-refractivity contribution in [2.24, 2.45) is 0 Å². The van der Waals surface area contributed by atoms with E-state index in [4.69, 9.17) is 4.74 Å². The molecule has 6 heteroatoms. The van der Waals surface area contributed by atoms with Crippen LogP contribution in [0, 0.1) is 15.9 Å². The molecule has 106 valence electrons. The number of benzene rings is 2. The number of nitrogens with zero attached hydrogens (tertiary/aromatic N) is 1. The van der Waals surface area contributed by atoms with Crippen LogP contribution in [-0.2, 0) is 6.61 Å². The van der Waals surface area contributed by atoms with Crippen LogP contribution < -0.4 is 4.74 Å². The smallest absolute Gasteiger partial charge is 0.311 e. The van der Waals surface area contributed by atoms with Gasteiger partial charge in [0.05, 0.1) is 4.92 Å². The molecular formula is C15H10FNO3S. The van der Waals surface area contributed by atoms with Gasteiger partial charge >= 0.3 is 5.69 Å². The van der Waals surface area contributed by atoms with Crippen molar-refractivity contribution in [2.75, 3.05) is 0 Å². The van der Waals surface area contributed by atoms with Gasteiger partial charge in [0.25, 0.3) is 0 Å². The van der Waals surface area contributed by atoms with E-state index in [0.717, 1.165) is 33.8 Å². The molecule has 0 spiro atoms. The molecule has 0 aliphatic carbocycles. The highest BCUT2D eigenvalue weighted by Crippen LogP contribution is 2.30. The lowest BCUT2D eigenvalue weighted by Crippen LogP contribution is -1.99. The molecule has 0 atom stereocenters. The van der Waals surface area contributed by atoms with Gasteiger partial charge in [-0.15, -0.1) is 11.3 Å². The highest BCUT2D eigenvalue weighted by Gasteiger charge is 2.16. The monoisotopic (exact) mass is 303 g/mol. The first-order chi connectivity index (χ1) is 10.1. The third-order valence-electron chi connectivity index (χ3n) is 3.06. The molecule has 0 radical (unpaired) electrons. The number of hydrogen-bond donors (Lipinski definition) is 0. The fraction of sp³-hybridized carbons (Fsp3) is 0.0667. The van der Waals surface area contributed by atoms with E-state index in [9.17, 15) is 14.5 Å². The Labute approximate surface area is 123 Å². The van der Waals surface area contributed by atoms with Crippen LogP contribution in [0.5, 0.6) is 5.75 Å². The maximum absolute atomic E-state index is 13.2. The minimum Gasteiger partial charge on any atom is -0.482 e. The lowest BCUT2D eigenvalue weighted by molar-refractivity contribution is -0.386. The number of thiophene rings is 1. The third kappa shape index (κ3) is 2.71. The van der Waals surface area contributed by atoms with Crippen LogP contribution in [0.3, 0.4) is 0 Å². The molecule has 0 unspecified atom stereocenters. The van der Waals surface area contributed by atoms with Gasteiger partial charge in [-0.25, -0.2) is 4.39 Å². The molecule has 0 fully saturated rings. The molecule has 21 heavy (non-hydrogen) atoms. The van der Waals surface area contributed by atoms with Crippen LogP contribution in [0.1, 0.15) is 5.56 Å². The Hall–Kier alpha value is -2.47. The largest absolute Gasteiger partial charge is 0.482 e. The van der Waals surface area contributed by atoms with Gasteiger partial charge in [0.1, 0.15) is 12.4 Å². The second kappa shape index (κ2) is 5.49. The Morgan fingerprint density at radius 3 is 2.86 bits per heavy atom. The van der Waals surface area contributed by atoms with E-state index in [0.29, 0.717) is 0 Å². The maximum Gasteiger partial charge on any atom is 0.311 e. The Morgan fingerprint density at radius 1 is 1.24 bits per heavy atom. The predicted molar refractivity (Wildman–Crippen MR) is 79.2 cm³/mol. The molecule has 3 aromatic rings. The van der Waals surface area contributed by atoms with Crippen molar-refractivity contribution in [1.29, 1.82) is 0 Å². The summed E-state index contributed by atoms with van der Waals surface area (Å²) < 4.78 is 19.8. The van der Waals surface area contributed by atoms with Gasteiger partial charge in [0, 0.05) is 22.4 Å². The van der Waals surface area contributed by atoms with Crippen LogP contribution in [0.2, 0.25) is 0 Å². The topological polar surface area (TPSA) is 52.4 Å². The second-order valence-electron chi connectivity index (χ2n) is 4.41. The quantitative estimate of drug-likeness (QED) is 0.525. The molecule has 0 bridgehead atoms. The molecule has 3 rings (SSSR count). The van der Waals surface area contributed by atoms with E-state index in [2.05, 4.69) is 0 Å². The molecule has 0 aliphatic heterocycles. The van der Waals surface area contributed by atoms with Gasteiger partial charge in [0.15, 0.2) is 5.75 Å². The van der Waals surface area contributed by atoms with Crippen LogP contribution in [0.25, 0.3) is 10.1 Å². The third-order valence-corrected chi connectivity index (χ3v) is 4.08. The molecule has 2 aromatic carbocycles. The fourth-order valence-corrected chi connectivity index (χ4v) is 3.00. The van der Waals surface area contributed by atoms with Crippen molar-refractivity contribution in [3.05, 3.63) is 69.3 Å². The number of rotatable bonds is 4. The van der Waals surface area contributed by atoms with Crippen molar-refractivity contribution in [2.45, 2.75) is 6.61 Å². The van der Waals surface area contributed by atoms with E-state index in [1.54, 1.807) is 11.3 Å². The van der Waals surface area contributed by atoms with Gasteiger partial charge < -0.3 is 4.74 Å². The molecule has 0 amide bonds. The van der Waals surface area contributed by atoms with E-state index >= 15 is 0 Å². The summed E-state index contributed by atoms with van der Waals surface area (Å²) in [5.74, 6) is -0.624. The zero-order chi connectivity index (χ0) is 14.8. The van der Waals surface area contributed by atoms with Crippen molar-refractivity contribution in [3.63, 3.8) is 0 Å². The van der Waals surface area contributed by atoms with Crippen LogP contribution in [0.4, 0.5) is 10.1 Å². The normalized spacial score (nSPS) is 10.7. The minimum atomic E-state index is -0.583. The molecule has 0 N–H and O–H groups in total. The van der Waals surface area contributed by atoms with Crippen LogP contribution in [-0.4, -0.2) is 4.92 Å². The van der Waals surface area contributed by atoms with E-state index in [1.165, 1.54) is 0 Å². The summed E-state index contributed by atoms with van der Waals surface area (Å²) in [4.78, 5) is 10.3. The van der Waals surface area contributed by atoms with E-state index in [1.807, 2.05) is 29.6 Å². The Bertz CT molecular complexity index is 816. The number of ether oxygens (including phenoxy) is 1. The van der Waals surface area contributed by atoms with Gasteiger partial charge in [0.2, 0.25) is 0 Å². The molecule has 0 saturated heterocycles. The highest BCUT2D eigenvalue weighted by atomic mass is 32.1. The molecule has 0 saturated carbocycles. The first kappa shape index (κ1) is 13.5. The first-order valence-electron chi connectivity index (χ1n) is 6.17. The minimum absolute atomic E-state index is 0.0599. The fourth-order valence-electron chi connectivity index (χ4n) is 2.05. The summed E-state index contributed by atoms with van der Waals surface area (Å²) in [5.41, 5.74) is 0.685. The molecular weight excluding hydrogens is 293 g/mol. The number of nitro benzene ring substituents is 1. The SMILES string of the molecule is O=[N+]([O-])c1ccc(F)cc1OCc1csc2ccccc12. The highest BCUT2D eigenvalue weighted by molar-refractivity contribution is 7.17. The van der Waals surface area contributed by atoms with Gasteiger partial charge in [-0.1, -0.05) is 18.2 Å². The molecule has 4 nitrogen and oxygen atoms in total. The van der Waals surface area contributed by atoms with Crippen molar-refractivity contribution < 1.29 is 14.1 Å². The lowest BCUT2D eigenvalue weighted by Gasteiger charge is -2.06. The number of hydrogen-bond acceptors (Lipinski definition) is 4. The summed E-state index contributed by atoms with van der Waals surface area (Å²) in [6.45, 7) is 0.161. The average Bonchev–Trinajstić information content (AvgIpc) is 2.88. The van der Waals surface area contributed by atoms with Crippen molar-refractivity contribution in [3.8, 4) is 5.75 Å². The van der Waals surface area contributed by atoms with Gasteiger partial charge in [-0.05, 0) is 22.9 Å². The molecule has 1 heterocycles. The lowest BCUT2D eigenvalue weighted by atomic mass is 10.2. The summed E-state index contributed by atoms with van der Waals surface area (Å²) in [7, 11) is 0. The Morgan fingerprint density at radius 2 is 2.05 bits per heavy atom. The van der Waals surface area contributed by atoms with Crippen LogP contribution in [0.15, 0.2) is 47.8 Å². The molecule has 0 aliphatic rings. The molecule has 1 aromatic heterocycles. The Balaban J connectivity index is 1.88. The number of nitro groups is 1. The average molecular weight is 303 g/mol. The standard InChI is InChI=1S/C15H10FNO3S/c16-11-5-6-13(17(18)19)14(7-11)20-8-10-9-21-15-4-2-1-3-12(10)15/h1-7,9H,8H2.